The molecule has 1 amide bonds. The minimum atomic E-state index is -0.295. The molecule has 1 unspecified atom stereocenters. The fourth-order valence-corrected chi connectivity index (χ4v) is 2.80. The van der Waals surface area contributed by atoms with Crippen LogP contribution in [0.2, 0.25) is 0 Å². The van der Waals surface area contributed by atoms with Gasteiger partial charge in [0, 0.05) is 24.4 Å². The molecule has 0 spiro atoms. The van der Waals surface area contributed by atoms with Gasteiger partial charge in [0.1, 0.15) is 5.75 Å². The Balaban J connectivity index is 2.12. The second-order valence-electron chi connectivity index (χ2n) is 6.62. The molecule has 0 bridgehead atoms. The molecule has 1 aliphatic heterocycles. The van der Waals surface area contributed by atoms with E-state index >= 15 is 0 Å². The highest BCUT2D eigenvalue weighted by Crippen LogP contribution is 2.31. The van der Waals surface area contributed by atoms with E-state index in [0.29, 0.717) is 5.92 Å². The number of hydrogen-bond acceptors (Lipinski definition) is 2. The molecule has 0 N–H and O–H groups in total. The van der Waals surface area contributed by atoms with Crippen molar-refractivity contribution in [3.05, 3.63) is 29.8 Å². The standard InChI is InChI=1S/C17H25NO2/c1-17(2,3)16(19)18-10-6-8-14(12-18)13-7-5-9-15(11-13)20-4/h5,7,9,11,14H,6,8,10,12H2,1-4H3. The molecule has 1 heterocycles. The monoisotopic (exact) mass is 275 g/mol. The fourth-order valence-electron chi connectivity index (χ4n) is 2.80. The SMILES string of the molecule is COc1cccc(C2CCCN(C(=O)C(C)(C)C)C2)c1. The second kappa shape index (κ2) is 5.86. The number of hydrogen-bond donors (Lipinski definition) is 0. The van der Waals surface area contributed by atoms with Crippen LogP contribution < -0.4 is 4.74 Å². The van der Waals surface area contributed by atoms with Gasteiger partial charge in [-0.25, -0.2) is 0 Å². The van der Waals surface area contributed by atoms with Gasteiger partial charge in [-0.1, -0.05) is 32.9 Å². The minimum Gasteiger partial charge on any atom is -0.497 e. The van der Waals surface area contributed by atoms with E-state index in [1.807, 2.05) is 37.8 Å². The smallest absolute Gasteiger partial charge is 0.227 e. The summed E-state index contributed by atoms with van der Waals surface area (Å²) in [7, 11) is 1.69. The molecule has 0 saturated carbocycles. The third kappa shape index (κ3) is 3.33. The third-order valence-electron chi connectivity index (χ3n) is 3.92. The molecule has 1 aromatic carbocycles. The van der Waals surface area contributed by atoms with E-state index < -0.39 is 0 Å². The maximum atomic E-state index is 12.4. The Kier molecular flexibility index (Phi) is 4.36. The first kappa shape index (κ1) is 14.9. The Bertz CT molecular complexity index is 476. The van der Waals surface area contributed by atoms with Gasteiger partial charge in [-0.3, -0.25) is 4.79 Å². The van der Waals surface area contributed by atoms with Crippen LogP contribution >= 0.6 is 0 Å². The van der Waals surface area contributed by atoms with Crippen molar-refractivity contribution in [1.29, 1.82) is 0 Å². The molecule has 0 aliphatic carbocycles. The summed E-state index contributed by atoms with van der Waals surface area (Å²) in [4.78, 5) is 14.4. The van der Waals surface area contributed by atoms with Crippen LogP contribution in [-0.4, -0.2) is 31.0 Å². The van der Waals surface area contributed by atoms with Crippen molar-refractivity contribution in [3.8, 4) is 5.75 Å². The first-order valence-electron chi connectivity index (χ1n) is 7.35. The maximum absolute atomic E-state index is 12.4. The number of piperidine rings is 1. The largest absolute Gasteiger partial charge is 0.497 e. The molecule has 20 heavy (non-hydrogen) atoms. The van der Waals surface area contributed by atoms with E-state index in [9.17, 15) is 4.79 Å². The van der Waals surface area contributed by atoms with Crippen LogP contribution in [0.5, 0.6) is 5.75 Å². The number of methoxy groups -OCH3 is 1. The number of carbonyl (C=O) groups is 1. The summed E-state index contributed by atoms with van der Waals surface area (Å²) in [6.07, 6.45) is 2.21. The zero-order valence-electron chi connectivity index (χ0n) is 13.0. The van der Waals surface area contributed by atoms with Crippen LogP contribution in [0.3, 0.4) is 0 Å². The highest BCUT2D eigenvalue weighted by molar-refractivity contribution is 5.81. The molecule has 2 rings (SSSR count). The van der Waals surface area contributed by atoms with E-state index in [-0.39, 0.29) is 11.3 Å². The van der Waals surface area contributed by atoms with Crippen LogP contribution in [0.25, 0.3) is 0 Å². The average Bonchev–Trinajstić information content (AvgIpc) is 2.45. The van der Waals surface area contributed by atoms with Gasteiger partial charge in [-0.2, -0.15) is 0 Å². The quantitative estimate of drug-likeness (QED) is 0.827. The lowest BCUT2D eigenvalue weighted by Crippen LogP contribution is -2.44. The third-order valence-corrected chi connectivity index (χ3v) is 3.92. The topological polar surface area (TPSA) is 29.5 Å². The zero-order valence-corrected chi connectivity index (χ0v) is 13.0. The first-order valence-corrected chi connectivity index (χ1v) is 7.35. The Morgan fingerprint density at radius 3 is 2.75 bits per heavy atom. The highest BCUT2D eigenvalue weighted by Gasteiger charge is 2.31. The lowest BCUT2D eigenvalue weighted by atomic mass is 9.88. The van der Waals surface area contributed by atoms with Crippen LogP contribution in [0.15, 0.2) is 24.3 Å². The lowest BCUT2D eigenvalue weighted by molar-refractivity contribution is -0.140. The van der Waals surface area contributed by atoms with Crippen molar-refractivity contribution >= 4 is 5.91 Å². The van der Waals surface area contributed by atoms with Crippen molar-refractivity contribution in [3.63, 3.8) is 0 Å². The minimum absolute atomic E-state index is 0.255. The molecule has 0 aromatic heterocycles. The second-order valence-corrected chi connectivity index (χ2v) is 6.62. The molecule has 1 atom stereocenters. The van der Waals surface area contributed by atoms with Gasteiger partial charge in [-0.05, 0) is 30.5 Å². The highest BCUT2D eigenvalue weighted by atomic mass is 16.5. The molecular weight excluding hydrogens is 250 g/mol. The molecule has 1 fully saturated rings. The molecule has 0 radical (unpaired) electrons. The van der Waals surface area contributed by atoms with Gasteiger partial charge in [0.05, 0.1) is 7.11 Å². The summed E-state index contributed by atoms with van der Waals surface area (Å²) in [5.41, 5.74) is 0.978. The molecular formula is C17H25NO2. The molecule has 1 saturated heterocycles. The van der Waals surface area contributed by atoms with Crippen molar-refractivity contribution in [1.82, 2.24) is 4.90 Å². The van der Waals surface area contributed by atoms with E-state index in [1.165, 1.54) is 5.56 Å². The number of ether oxygens (including phenoxy) is 1. The van der Waals surface area contributed by atoms with Gasteiger partial charge < -0.3 is 9.64 Å². The number of rotatable bonds is 2. The van der Waals surface area contributed by atoms with Crippen LogP contribution in [0.4, 0.5) is 0 Å². The van der Waals surface area contributed by atoms with Crippen LogP contribution in [0, 0.1) is 5.41 Å². The molecule has 3 nitrogen and oxygen atoms in total. The summed E-state index contributed by atoms with van der Waals surface area (Å²) in [5, 5.41) is 0. The number of carbonyl (C=O) groups excluding carboxylic acids is 1. The van der Waals surface area contributed by atoms with Gasteiger partial charge in [-0.15, -0.1) is 0 Å². The van der Waals surface area contributed by atoms with Crippen LogP contribution in [-0.2, 0) is 4.79 Å². The summed E-state index contributed by atoms with van der Waals surface area (Å²) in [5.74, 6) is 1.57. The van der Waals surface area contributed by atoms with E-state index in [1.54, 1.807) is 7.11 Å². The summed E-state index contributed by atoms with van der Waals surface area (Å²) in [6.45, 7) is 7.68. The normalized spacial score (nSPS) is 19.8. The van der Waals surface area contributed by atoms with Crippen molar-refractivity contribution in [2.45, 2.75) is 39.5 Å². The van der Waals surface area contributed by atoms with Crippen LogP contribution in [0.1, 0.15) is 45.1 Å². The summed E-state index contributed by atoms with van der Waals surface area (Å²) < 4.78 is 5.29. The Labute approximate surface area is 121 Å². The molecule has 110 valence electrons. The predicted molar refractivity (Wildman–Crippen MR) is 81.0 cm³/mol. The number of benzene rings is 1. The van der Waals surface area contributed by atoms with Gasteiger partial charge in [0.15, 0.2) is 0 Å². The first-order chi connectivity index (χ1) is 9.41. The summed E-state index contributed by atoms with van der Waals surface area (Å²) in [6, 6.07) is 8.22. The Hall–Kier alpha value is -1.51. The molecule has 1 aromatic rings. The zero-order chi connectivity index (χ0) is 14.8. The fraction of sp³-hybridized carbons (Fsp3) is 0.588. The van der Waals surface area contributed by atoms with Crippen molar-refractivity contribution in [2.75, 3.05) is 20.2 Å². The van der Waals surface area contributed by atoms with E-state index in [4.69, 9.17) is 4.74 Å². The molecule has 3 heteroatoms. The molecule has 1 aliphatic rings. The predicted octanol–water partition coefficient (Wildman–Crippen LogP) is 3.45. The van der Waals surface area contributed by atoms with Gasteiger partial charge >= 0.3 is 0 Å². The van der Waals surface area contributed by atoms with E-state index in [0.717, 1.165) is 31.7 Å². The lowest BCUT2D eigenvalue weighted by Gasteiger charge is -2.36. The van der Waals surface area contributed by atoms with Crippen molar-refractivity contribution in [2.24, 2.45) is 5.41 Å². The van der Waals surface area contributed by atoms with Crippen molar-refractivity contribution < 1.29 is 9.53 Å². The van der Waals surface area contributed by atoms with E-state index in [2.05, 4.69) is 12.1 Å². The number of amides is 1. The summed E-state index contributed by atoms with van der Waals surface area (Å²) >= 11 is 0. The average molecular weight is 275 g/mol. The van der Waals surface area contributed by atoms with Gasteiger partial charge in [0.2, 0.25) is 5.91 Å². The number of nitrogens with zero attached hydrogens (tertiary/aromatic N) is 1. The number of likely N-dealkylation sites (tertiary alicyclic amines) is 1. The Morgan fingerprint density at radius 2 is 2.10 bits per heavy atom. The maximum Gasteiger partial charge on any atom is 0.227 e. The Morgan fingerprint density at radius 1 is 1.35 bits per heavy atom. The van der Waals surface area contributed by atoms with Gasteiger partial charge in [0.25, 0.3) is 0 Å².